The standard InChI is InChI=1S/C20H21N/c1-3-4-7-16-9-10-20-19(14-16)18(11-12-21-20)17-8-5-6-15(2)13-17/h5-6,8-14H,3-4,7H2,1-2H3. The molecule has 3 aromatic rings. The molecule has 1 nitrogen and oxygen atoms in total. The third kappa shape index (κ3) is 2.97. The van der Waals surface area contributed by atoms with Crippen molar-refractivity contribution in [3.8, 4) is 11.1 Å². The molecule has 0 aliphatic heterocycles. The number of rotatable bonds is 4. The van der Waals surface area contributed by atoms with E-state index < -0.39 is 0 Å². The number of aromatic nitrogens is 1. The minimum atomic E-state index is 1.08. The molecule has 0 amide bonds. The Morgan fingerprint density at radius 2 is 1.90 bits per heavy atom. The van der Waals surface area contributed by atoms with Gasteiger partial charge in [0, 0.05) is 11.6 Å². The SMILES string of the molecule is CCCCc1ccc2nccc(-c3cccc(C)c3)c2c1. The number of hydrogen-bond acceptors (Lipinski definition) is 1. The molecule has 0 radical (unpaired) electrons. The van der Waals surface area contributed by atoms with Crippen LogP contribution in [0.4, 0.5) is 0 Å². The summed E-state index contributed by atoms with van der Waals surface area (Å²) in [5.41, 5.74) is 6.33. The molecule has 0 unspecified atom stereocenters. The molecular formula is C20H21N. The predicted octanol–water partition coefficient (Wildman–Crippen LogP) is 5.55. The zero-order valence-corrected chi connectivity index (χ0v) is 12.8. The monoisotopic (exact) mass is 275 g/mol. The summed E-state index contributed by atoms with van der Waals surface area (Å²) < 4.78 is 0. The molecular weight excluding hydrogens is 254 g/mol. The summed E-state index contributed by atoms with van der Waals surface area (Å²) in [6.45, 7) is 4.38. The molecule has 21 heavy (non-hydrogen) atoms. The van der Waals surface area contributed by atoms with Gasteiger partial charge in [-0.3, -0.25) is 4.98 Å². The molecule has 0 aliphatic carbocycles. The van der Waals surface area contributed by atoms with Crippen molar-refractivity contribution in [2.75, 3.05) is 0 Å². The van der Waals surface area contributed by atoms with E-state index in [9.17, 15) is 0 Å². The second-order valence-electron chi connectivity index (χ2n) is 5.68. The van der Waals surface area contributed by atoms with E-state index in [4.69, 9.17) is 0 Å². The average molecular weight is 275 g/mol. The maximum atomic E-state index is 4.51. The minimum absolute atomic E-state index is 1.08. The Balaban J connectivity index is 2.13. The van der Waals surface area contributed by atoms with E-state index >= 15 is 0 Å². The van der Waals surface area contributed by atoms with Gasteiger partial charge in [-0.05, 0) is 54.7 Å². The number of benzene rings is 2. The summed E-state index contributed by atoms with van der Waals surface area (Å²) in [7, 11) is 0. The molecule has 0 spiro atoms. The fourth-order valence-electron chi connectivity index (χ4n) is 2.79. The highest BCUT2D eigenvalue weighted by Gasteiger charge is 2.06. The van der Waals surface area contributed by atoms with Gasteiger partial charge in [0.2, 0.25) is 0 Å². The summed E-state index contributed by atoms with van der Waals surface area (Å²) in [5.74, 6) is 0. The van der Waals surface area contributed by atoms with E-state index in [0.717, 1.165) is 11.9 Å². The topological polar surface area (TPSA) is 12.9 Å². The van der Waals surface area contributed by atoms with E-state index in [2.05, 4.69) is 67.4 Å². The number of aryl methyl sites for hydroxylation is 2. The van der Waals surface area contributed by atoms with E-state index in [1.807, 2.05) is 6.20 Å². The van der Waals surface area contributed by atoms with E-state index in [-0.39, 0.29) is 0 Å². The smallest absolute Gasteiger partial charge is 0.0708 e. The number of hydrogen-bond donors (Lipinski definition) is 0. The normalized spacial score (nSPS) is 11.0. The van der Waals surface area contributed by atoms with Crippen molar-refractivity contribution in [2.45, 2.75) is 33.1 Å². The van der Waals surface area contributed by atoms with Crippen LogP contribution in [0.15, 0.2) is 54.7 Å². The third-order valence-electron chi connectivity index (χ3n) is 3.95. The Hall–Kier alpha value is -2.15. The summed E-state index contributed by atoms with van der Waals surface area (Å²) in [4.78, 5) is 4.51. The molecule has 0 N–H and O–H groups in total. The van der Waals surface area contributed by atoms with Crippen molar-refractivity contribution in [1.82, 2.24) is 4.98 Å². The minimum Gasteiger partial charge on any atom is -0.256 e. The van der Waals surface area contributed by atoms with E-state index in [1.54, 1.807) is 0 Å². The number of fused-ring (bicyclic) bond motifs is 1. The first-order valence-electron chi connectivity index (χ1n) is 7.72. The number of pyridine rings is 1. The molecule has 0 fully saturated rings. The van der Waals surface area contributed by atoms with Crippen LogP contribution in [0.2, 0.25) is 0 Å². The Morgan fingerprint density at radius 1 is 1.00 bits per heavy atom. The van der Waals surface area contributed by atoms with Crippen LogP contribution < -0.4 is 0 Å². The maximum Gasteiger partial charge on any atom is 0.0708 e. The molecule has 0 bridgehead atoms. The van der Waals surface area contributed by atoms with Gasteiger partial charge in [-0.15, -0.1) is 0 Å². The van der Waals surface area contributed by atoms with Gasteiger partial charge in [0.05, 0.1) is 5.52 Å². The van der Waals surface area contributed by atoms with Crippen molar-refractivity contribution in [3.63, 3.8) is 0 Å². The zero-order valence-electron chi connectivity index (χ0n) is 12.8. The van der Waals surface area contributed by atoms with Crippen LogP contribution >= 0.6 is 0 Å². The van der Waals surface area contributed by atoms with Crippen molar-refractivity contribution in [2.24, 2.45) is 0 Å². The highest BCUT2D eigenvalue weighted by Crippen LogP contribution is 2.29. The molecule has 0 saturated heterocycles. The van der Waals surface area contributed by atoms with Gasteiger partial charge in [0.25, 0.3) is 0 Å². The summed E-state index contributed by atoms with van der Waals surface area (Å²) in [6, 6.07) is 17.5. The van der Waals surface area contributed by atoms with E-state index in [1.165, 1.54) is 40.5 Å². The predicted molar refractivity (Wildman–Crippen MR) is 90.5 cm³/mol. The fourth-order valence-corrected chi connectivity index (χ4v) is 2.79. The van der Waals surface area contributed by atoms with Gasteiger partial charge in [0.1, 0.15) is 0 Å². The van der Waals surface area contributed by atoms with Gasteiger partial charge in [-0.1, -0.05) is 49.2 Å². The summed E-state index contributed by atoms with van der Waals surface area (Å²) in [6.07, 6.45) is 5.53. The second-order valence-corrected chi connectivity index (χ2v) is 5.68. The van der Waals surface area contributed by atoms with Crippen LogP contribution in [0.5, 0.6) is 0 Å². The Bertz CT molecular complexity index is 759. The number of unbranched alkanes of at least 4 members (excludes halogenated alkanes) is 1. The highest BCUT2D eigenvalue weighted by molar-refractivity contribution is 5.94. The second kappa shape index (κ2) is 6.09. The maximum absolute atomic E-state index is 4.51. The Kier molecular flexibility index (Phi) is 4.01. The van der Waals surface area contributed by atoms with Gasteiger partial charge in [-0.2, -0.15) is 0 Å². The molecule has 106 valence electrons. The van der Waals surface area contributed by atoms with Crippen molar-refractivity contribution in [3.05, 3.63) is 65.9 Å². The molecule has 0 atom stereocenters. The largest absolute Gasteiger partial charge is 0.256 e. The molecule has 1 heteroatoms. The van der Waals surface area contributed by atoms with Crippen LogP contribution in [0.25, 0.3) is 22.0 Å². The van der Waals surface area contributed by atoms with Crippen molar-refractivity contribution < 1.29 is 0 Å². The molecule has 0 saturated carbocycles. The molecule has 1 aromatic heterocycles. The van der Waals surface area contributed by atoms with Crippen molar-refractivity contribution >= 4 is 10.9 Å². The first-order valence-corrected chi connectivity index (χ1v) is 7.72. The first kappa shape index (κ1) is 13.8. The molecule has 2 aromatic carbocycles. The van der Waals surface area contributed by atoms with Crippen molar-refractivity contribution in [1.29, 1.82) is 0 Å². The quantitative estimate of drug-likeness (QED) is 0.608. The Morgan fingerprint density at radius 3 is 2.71 bits per heavy atom. The van der Waals surface area contributed by atoms with E-state index in [0.29, 0.717) is 0 Å². The molecule has 3 rings (SSSR count). The van der Waals surface area contributed by atoms with Gasteiger partial charge >= 0.3 is 0 Å². The van der Waals surface area contributed by atoms with Crippen LogP contribution in [0.1, 0.15) is 30.9 Å². The Labute approximate surface area is 126 Å². The van der Waals surface area contributed by atoms with Gasteiger partial charge in [-0.25, -0.2) is 0 Å². The van der Waals surface area contributed by atoms with Gasteiger partial charge in [0.15, 0.2) is 0 Å². The summed E-state index contributed by atoms with van der Waals surface area (Å²) in [5, 5.41) is 1.26. The van der Waals surface area contributed by atoms with Crippen LogP contribution in [-0.2, 0) is 6.42 Å². The lowest BCUT2D eigenvalue weighted by Gasteiger charge is -2.09. The molecule has 1 heterocycles. The highest BCUT2D eigenvalue weighted by atomic mass is 14.6. The lowest BCUT2D eigenvalue weighted by molar-refractivity contribution is 0.796. The average Bonchev–Trinajstić information content (AvgIpc) is 2.52. The number of nitrogens with zero attached hydrogens (tertiary/aromatic N) is 1. The van der Waals surface area contributed by atoms with Crippen LogP contribution in [-0.4, -0.2) is 4.98 Å². The zero-order chi connectivity index (χ0) is 14.7. The third-order valence-corrected chi connectivity index (χ3v) is 3.95. The van der Waals surface area contributed by atoms with Crippen LogP contribution in [0, 0.1) is 6.92 Å². The van der Waals surface area contributed by atoms with Crippen LogP contribution in [0.3, 0.4) is 0 Å². The molecule has 0 aliphatic rings. The van der Waals surface area contributed by atoms with Gasteiger partial charge < -0.3 is 0 Å². The lowest BCUT2D eigenvalue weighted by Crippen LogP contribution is -1.89. The lowest BCUT2D eigenvalue weighted by atomic mass is 9.97. The first-order chi connectivity index (χ1) is 10.3. The fraction of sp³-hybridized carbons (Fsp3) is 0.250. The summed E-state index contributed by atoms with van der Waals surface area (Å²) >= 11 is 0.